The first kappa shape index (κ1) is 22.4. The maximum absolute atomic E-state index is 12.6. The van der Waals surface area contributed by atoms with Crippen LogP contribution in [0, 0.1) is 0 Å². The molecular weight excluding hydrogens is 398 g/mol. The largest absolute Gasteiger partial charge is 0.339 e. The number of para-hydroxylation sites is 1. The number of imidazole rings is 1. The van der Waals surface area contributed by atoms with Crippen molar-refractivity contribution in [1.29, 1.82) is 0 Å². The number of aromatic nitrogens is 2. The van der Waals surface area contributed by atoms with Crippen LogP contribution in [0.1, 0.15) is 25.8 Å². The molecule has 7 nitrogen and oxygen atoms in total. The maximum atomic E-state index is 12.6. The summed E-state index contributed by atoms with van der Waals surface area (Å²) >= 11 is 1.49. The number of hydrogen-bond acceptors (Lipinski definition) is 5. The summed E-state index contributed by atoms with van der Waals surface area (Å²) in [6.45, 7) is 8.21. The highest BCUT2D eigenvalue weighted by molar-refractivity contribution is 7.99. The highest BCUT2D eigenvalue weighted by Gasteiger charge is 2.23. The molecule has 0 saturated carbocycles. The number of nitrogens with one attached hydrogen (secondary N) is 1. The van der Waals surface area contributed by atoms with Crippen LogP contribution in [0.4, 0.5) is 5.69 Å². The van der Waals surface area contributed by atoms with Crippen molar-refractivity contribution >= 4 is 29.3 Å². The van der Waals surface area contributed by atoms with Crippen molar-refractivity contribution in [2.24, 2.45) is 0 Å². The molecule has 1 N–H and O–H groups in total. The van der Waals surface area contributed by atoms with Crippen molar-refractivity contribution in [3.8, 4) is 0 Å². The molecule has 1 aliphatic heterocycles. The zero-order chi connectivity index (χ0) is 21.3. The molecule has 0 atom stereocenters. The van der Waals surface area contributed by atoms with E-state index in [1.807, 2.05) is 35.4 Å². The van der Waals surface area contributed by atoms with E-state index >= 15 is 0 Å². The Labute approximate surface area is 182 Å². The lowest BCUT2D eigenvalue weighted by Crippen LogP contribution is -2.50. The van der Waals surface area contributed by atoms with Crippen LogP contribution in [0.3, 0.4) is 0 Å². The molecule has 0 aliphatic carbocycles. The van der Waals surface area contributed by atoms with Crippen LogP contribution in [0.5, 0.6) is 0 Å². The van der Waals surface area contributed by atoms with E-state index in [1.165, 1.54) is 11.8 Å². The predicted octanol–water partition coefficient (Wildman–Crippen LogP) is 2.73. The number of amides is 2. The molecule has 3 rings (SSSR count). The monoisotopic (exact) mass is 429 g/mol. The van der Waals surface area contributed by atoms with Crippen LogP contribution < -0.4 is 5.32 Å². The van der Waals surface area contributed by atoms with E-state index in [-0.39, 0.29) is 11.8 Å². The minimum Gasteiger partial charge on any atom is -0.339 e. The standard InChI is InChI=1S/C22H31N5O2S/c1-3-10-27-11-9-23-22(27)30-17-21(29)26-14-12-25(13-15-26)16-20(28)24-19-8-6-5-7-18(19)4-2/h5-9,11H,3-4,10,12-17H2,1-2H3,(H,24,28). The van der Waals surface area contributed by atoms with Crippen LogP contribution in [-0.2, 0) is 22.6 Å². The van der Waals surface area contributed by atoms with Crippen molar-refractivity contribution in [2.75, 3.05) is 43.8 Å². The normalized spacial score (nSPS) is 14.7. The number of thioether (sulfide) groups is 1. The Morgan fingerprint density at radius 2 is 1.90 bits per heavy atom. The molecule has 1 aliphatic rings. The fourth-order valence-electron chi connectivity index (χ4n) is 3.56. The summed E-state index contributed by atoms with van der Waals surface area (Å²) in [4.78, 5) is 33.4. The second kappa shape index (κ2) is 11.2. The molecule has 162 valence electrons. The highest BCUT2D eigenvalue weighted by Crippen LogP contribution is 2.18. The van der Waals surface area contributed by atoms with Crippen molar-refractivity contribution < 1.29 is 9.59 Å². The molecule has 2 amide bonds. The van der Waals surface area contributed by atoms with Gasteiger partial charge in [0.15, 0.2) is 5.16 Å². The van der Waals surface area contributed by atoms with Crippen LogP contribution in [0.25, 0.3) is 0 Å². The maximum Gasteiger partial charge on any atom is 0.238 e. The van der Waals surface area contributed by atoms with Gasteiger partial charge in [0, 0.05) is 50.8 Å². The topological polar surface area (TPSA) is 70.5 Å². The third-order valence-corrected chi connectivity index (χ3v) is 6.22. The van der Waals surface area contributed by atoms with Gasteiger partial charge in [-0.05, 0) is 24.5 Å². The van der Waals surface area contributed by atoms with E-state index in [0.29, 0.717) is 38.5 Å². The molecule has 2 heterocycles. The van der Waals surface area contributed by atoms with Gasteiger partial charge in [-0.1, -0.05) is 43.8 Å². The van der Waals surface area contributed by atoms with E-state index in [1.54, 1.807) is 6.20 Å². The quantitative estimate of drug-likeness (QED) is 0.621. The van der Waals surface area contributed by atoms with E-state index < -0.39 is 0 Å². The van der Waals surface area contributed by atoms with Gasteiger partial charge in [0.2, 0.25) is 11.8 Å². The number of nitrogens with zero attached hydrogens (tertiary/aromatic N) is 4. The molecule has 0 bridgehead atoms. The number of carbonyl (C=O) groups is 2. The third kappa shape index (κ3) is 6.09. The Hall–Kier alpha value is -2.32. The molecule has 1 aromatic heterocycles. The number of aryl methyl sites for hydroxylation is 2. The van der Waals surface area contributed by atoms with Gasteiger partial charge in [-0.3, -0.25) is 14.5 Å². The first-order chi connectivity index (χ1) is 14.6. The Morgan fingerprint density at radius 1 is 1.13 bits per heavy atom. The number of anilines is 1. The summed E-state index contributed by atoms with van der Waals surface area (Å²) in [5.74, 6) is 0.524. The summed E-state index contributed by atoms with van der Waals surface area (Å²) in [6, 6.07) is 7.90. The van der Waals surface area contributed by atoms with Gasteiger partial charge in [-0.2, -0.15) is 0 Å². The Balaban J connectivity index is 1.41. The van der Waals surface area contributed by atoms with Crippen LogP contribution in [-0.4, -0.2) is 69.6 Å². The molecule has 1 aromatic carbocycles. The molecule has 30 heavy (non-hydrogen) atoms. The molecule has 2 aromatic rings. The van der Waals surface area contributed by atoms with Crippen molar-refractivity contribution in [1.82, 2.24) is 19.4 Å². The van der Waals surface area contributed by atoms with Gasteiger partial charge in [-0.15, -0.1) is 0 Å². The summed E-state index contributed by atoms with van der Waals surface area (Å²) in [5, 5.41) is 3.92. The minimum absolute atomic E-state index is 0.00556. The average Bonchev–Trinajstić information content (AvgIpc) is 3.20. The zero-order valence-electron chi connectivity index (χ0n) is 17.8. The Bertz CT molecular complexity index is 846. The highest BCUT2D eigenvalue weighted by atomic mass is 32.2. The smallest absolute Gasteiger partial charge is 0.238 e. The molecular formula is C22H31N5O2S. The summed E-state index contributed by atoms with van der Waals surface area (Å²) in [6.07, 6.45) is 5.66. The summed E-state index contributed by atoms with van der Waals surface area (Å²) < 4.78 is 2.09. The van der Waals surface area contributed by atoms with Crippen LogP contribution in [0.2, 0.25) is 0 Å². The number of rotatable bonds is 9. The lowest BCUT2D eigenvalue weighted by molar-refractivity contribution is -0.130. The Morgan fingerprint density at radius 3 is 2.63 bits per heavy atom. The van der Waals surface area contributed by atoms with Crippen molar-refractivity contribution in [3.63, 3.8) is 0 Å². The van der Waals surface area contributed by atoms with Crippen LogP contribution >= 0.6 is 11.8 Å². The van der Waals surface area contributed by atoms with Gasteiger partial charge in [0.1, 0.15) is 0 Å². The molecule has 0 radical (unpaired) electrons. The first-order valence-corrected chi connectivity index (χ1v) is 11.6. The minimum atomic E-state index is -0.00556. The van der Waals surface area contributed by atoms with Gasteiger partial charge >= 0.3 is 0 Å². The van der Waals surface area contributed by atoms with E-state index in [0.717, 1.165) is 35.8 Å². The summed E-state index contributed by atoms with van der Waals surface area (Å²) in [7, 11) is 0. The zero-order valence-corrected chi connectivity index (χ0v) is 18.7. The van der Waals surface area contributed by atoms with Crippen molar-refractivity contribution in [3.05, 3.63) is 42.2 Å². The molecule has 1 fully saturated rings. The Kier molecular flexibility index (Phi) is 8.33. The number of benzene rings is 1. The lowest BCUT2D eigenvalue weighted by atomic mass is 10.1. The number of hydrogen-bond donors (Lipinski definition) is 1. The fraction of sp³-hybridized carbons (Fsp3) is 0.500. The third-order valence-electron chi connectivity index (χ3n) is 5.23. The van der Waals surface area contributed by atoms with Crippen LogP contribution in [0.15, 0.2) is 41.8 Å². The van der Waals surface area contributed by atoms with Gasteiger partial charge in [0.05, 0.1) is 12.3 Å². The second-order valence-electron chi connectivity index (χ2n) is 7.41. The number of carbonyl (C=O) groups excluding carboxylic acids is 2. The molecule has 0 unspecified atom stereocenters. The first-order valence-electron chi connectivity index (χ1n) is 10.6. The predicted molar refractivity (Wildman–Crippen MR) is 121 cm³/mol. The van der Waals surface area contributed by atoms with Gasteiger partial charge < -0.3 is 14.8 Å². The summed E-state index contributed by atoms with van der Waals surface area (Å²) in [5.41, 5.74) is 2.02. The number of piperazine rings is 1. The SMILES string of the molecule is CCCn1ccnc1SCC(=O)N1CCN(CC(=O)Nc2ccccc2CC)CC1. The van der Waals surface area contributed by atoms with E-state index in [2.05, 4.69) is 33.6 Å². The average molecular weight is 430 g/mol. The molecule has 1 saturated heterocycles. The lowest BCUT2D eigenvalue weighted by Gasteiger charge is -2.34. The second-order valence-corrected chi connectivity index (χ2v) is 8.35. The van der Waals surface area contributed by atoms with E-state index in [4.69, 9.17) is 0 Å². The molecule has 8 heteroatoms. The van der Waals surface area contributed by atoms with Crippen molar-refractivity contribution in [2.45, 2.75) is 38.4 Å². The fourth-order valence-corrected chi connectivity index (χ4v) is 4.45. The van der Waals surface area contributed by atoms with E-state index in [9.17, 15) is 9.59 Å². The van der Waals surface area contributed by atoms with Gasteiger partial charge in [0.25, 0.3) is 0 Å². The van der Waals surface area contributed by atoms with Gasteiger partial charge in [-0.25, -0.2) is 4.98 Å². The molecule has 0 spiro atoms.